The third-order valence-electron chi connectivity index (χ3n) is 5.38. The van der Waals surface area contributed by atoms with E-state index in [1.165, 1.54) is 24.0 Å². The maximum atomic E-state index is 12.6. The van der Waals surface area contributed by atoms with Gasteiger partial charge in [-0.2, -0.15) is 0 Å². The van der Waals surface area contributed by atoms with Crippen LogP contribution < -0.4 is 5.32 Å². The molecule has 2 atom stereocenters. The SMILES string of the molecule is COCCN1CC(C(=O)NC(C)c2ccc3c(c2)CCCC3)CC1=O. The second-order valence-electron chi connectivity index (χ2n) is 7.20. The summed E-state index contributed by atoms with van der Waals surface area (Å²) >= 11 is 0. The number of benzene rings is 1. The van der Waals surface area contributed by atoms with Crippen molar-refractivity contribution < 1.29 is 14.3 Å². The van der Waals surface area contributed by atoms with Crippen LogP contribution in [0.25, 0.3) is 0 Å². The van der Waals surface area contributed by atoms with Gasteiger partial charge in [-0.25, -0.2) is 0 Å². The number of carbonyl (C=O) groups excluding carboxylic acids is 2. The summed E-state index contributed by atoms with van der Waals surface area (Å²) in [5.74, 6) is -0.249. The molecule has 2 amide bonds. The van der Waals surface area contributed by atoms with Crippen molar-refractivity contribution in [2.45, 2.75) is 45.1 Å². The zero-order valence-electron chi connectivity index (χ0n) is 15.2. The average molecular weight is 344 g/mol. The summed E-state index contributed by atoms with van der Waals surface area (Å²) in [4.78, 5) is 26.3. The molecule has 5 heteroatoms. The molecular weight excluding hydrogens is 316 g/mol. The number of nitrogens with zero attached hydrogens (tertiary/aromatic N) is 1. The summed E-state index contributed by atoms with van der Waals surface area (Å²) in [5.41, 5.74) is 4.02. The Hall–Kier alpha value is -1.88. The molecule has 1 aliphatic heterocycles. The Morgan fingerprint density at radius 2 is 2.08 bits per heavy atom. The molecule has 1 heterocycles. The molecule has 5 nitrogen and oxygen atoms in total. The fourth-order valence-electron chi connectivity index (χ4n) is 3.80. The number of ether oxygens (including phenoxy) is 1. The summed E-state index contributed by atoms with van der Waals surface area (Å²) in [6.07, 6.45) is 5.12. The molecule has 0 saturated carbocycles. The Morgan fingerprint density at radius 1 is 1.32 bits per heavy atom. The minimum absolute atomic E-state index is 0.0292. The van der Waals surface area contributed by atoms with E-state index in [1.807, 2.05) is 6.92 Å². The molecule has 25 heavy (non-hydrogen) atoms. The molecule has 1 fully saturated rings. The second-order valence-corrected chi connectivity index (χ2v) is 7.20. The number of aryl methyl sites for hydroxylation is 2. The van der Waals surface area contributed by atoms with E-state index in [-0.39, 0.29) is 23.8 Å². The van der Waals surface area contributed by atoms with Gasteiger partial charge < -0.3 is 15.0 Å². The smallest absolute Gasteiger partial charge is 0.225 e. The van der Waals surface area contributed by atoms with Gasteiger partial charge >= 0.3 is 0 Å². The molecule has 3 rings (SSSR count). The number of carbonyl (C=O) groups is 2. The number of hydrogen-bond donors (Lipinski definition) is 1. The summed E-state index contributed by atoms with van der Waals surface area (Å²) in [5, 5.41) is 3.09. The highest BCUT2D eigenvalue weighted by molar-refractivity contribution is 5.89. The largest absolute Gasteiger partial charge is 0.383 e. The van der Waals surface area contributed by atoms with Crippen LogP contribution in [0.3, 0.4) is 0 Å². The number of fused-ring (bicyclic) bond motifs is 1. The number of hydrogen-bond acceptors (Lipinski definition) is 3. The fourth-order valence-corrected chi connectivity index (χ4v) is 3.80. The van der Waals surface area contributed by atoms with E-state index < -0.39 is 0 Å². The molecule has 1 N–H and O–H groups in total. The zero-order valence-corrected chi connectivity index (χ0v) is 15.2. The third kappa shape index (κ3) is 4.21. The first-order valence-electron chi connectivity index (χ1n) is 9.27. The van der Waals surface area contributed by atoms with Crippen molar-refractivity contribution in [2.24, 2.45) is 5.92 Å². The first kappa shape index (κ1) is 17.9. The van der Waals surface area contributed by atoms with Crippen molar-refractivity contribution in [3.63, 3.8) is 0 Å². The van der Waals surface area contributed by atoms with Gasteiger partial charge in [-0.3, -0.25) is 9.59 Å². The van der Waals surface area contributed by atoms with Crippen LogP contribution in [-0.4, -0.2) is 43.5 Å². The van der Waals surface area contributed by atoms with Crippen molar-refractivity contribution in [2.75, 3.05) is 26.8 Å². The molecule has 0 aromatic heterocycles. The van der Waals surface area contributed by atoms with Crippen molar-refractivity contribution in [1.29, 1.82) is 0 Å². The summed E-state index contributed by atoms with van der Waals surface area (Å²) in [6.45, 7) is 3.57. The van der Waals surface area contributed by atoms with E-state index in [2.05, 4.69) is 23.5 Å². The summed E-state index contributed by atoms with van der Waals surface area (Å²) in [6, 6.07) is 6.53. The molecule has 0 bridgehead atoms. The van der Waals surface area contributed by atoms with Crippen LogP contribution in [0.4, 0.5) is 0 Å². The van der Waals surface area contributed by atoms with E-state index in [4.69, 9.17) is 4.74 Å². The minimum Gasteiger partial charge on any atom is -0.383 e. The van der Waals surface area contributed by atoms with E-state index >= 15 is 0 Å². The standard InChI is InChI=1S/C20H28N2O3/c1-14(16-8-7-15-5-3-4-6-17(15)11-16)21-20(24)18-12-19(23)22(13-18)9-10-25-2/h7-8,11,14,18H,3-6,9-10,12-13H2,1-2H3,(H,21,24). The van der Waals surface area contributed by atoms with Crippen LogP contribution in [0.1, 0.15) is 48.9 Å². The Balaban J connectivity index is 1.58. The Labute approximate surface area is 149 Å². The predicted molar refractivity (Wildman–Crippen MR) is 96.2 cm³/mol. The Kier molecular flexibility index (Phi) is 5.74. The second kappa shape index (κ2) is 8.00. The lowest BCUT2D eigenvalue weighted by molar-refractivity contribution is -0.129. The normalized spacial score (nSPS) is 21.1. The first-order valence-corrected chi connectivity index (χ1v) is 9.27. The molecule has 0 spiro atoms. The van der Waals surface area contributed by atoms with Gasteiger partial charge in [0.2, 0.25) is 11.8 Å². The van der Waals surface area contributed by atoms with E-state index in [1.54, 1.807) is 12.0 Å². The summed E-state index contributed by atoms with van der Waals surface area (Å²) in [7, 11) is 1.62. The van der Waals surface area contributed by atoms with Crippen LogP contribution in [0.5, 0.6) is 0 Å². The van der Waals surface area contributed by atoms with Crippen LogP contribution in [0, 0.1) is 5.92 Å². The predicted octanol–water partition coefficient (Wildman–Crippen LogP) is 2.24. The van der Waals surface area contributed by atoms with Crippen LogP contribution in [0.2, 0.25) is 0 Å². The van der Waals surface area contributed by atoms with E-state index in [0.717, 1.165) is 18.4 Å². The number of amides is 2. The quantitative estimate of drug-likeness (QED) is 0.861. The molecule has 2 aliphatic rings. The third-order valence-corrected chi connectivity index (χ3v) is 5.38. The van der Waals surface area contributed by atoms with Gasteiger partial charge in [0.05, 0.1) is 18.6 Å². The molecule has 1 aliphatic carbocycles. The topological polar surface area (TPSA) is 58.6 Å². The van der Waals surface area contributed by atoms with Gasteiger partial charge in [-0.15, -0.1) is 0 Å². The highest BCUT2D eigenvalue weighted by Gasteiger charge is 2.34. The van der Waals surface area contributed by atoms with Crippen LogP contribution in [-0.2, 0) is 27.2 Å². The zero-order chi connectivity index (χ0) is 17.8. The van der Waals surface area contributed by atoms with Gasteiger partial charge in [0.1, 0.15) is 0 Å². The Bertz CT molecular complexity index is 644. The number of likely N-dealkylation sites (tertiary alicyclic amines) is 1. The molecule has 1 saturated heterocycles. The van der Waals surface area contributed by atoms with Gasteiger partial charge in [-0.05, 0) is 49.3 Å². The lowest BCUT2D eigenvalue weighted by Gasteiger charge is -2.21. The summed E-state index contributed by atoms with van der Waals surface area (Å²) < 4.78 is 5.02. The maximum absolute atomic E-state index is 12.6. The van der Waals surface area contributed by atoms with Gasteiger partial charge in [-0.1, -0.05) is 18.2 Å². The van der Waals surface area contributed by atoms with Crippen molar-refractivity contribution in [3.8, 4) is 0 Å². The molecule has 1 aromatic rings. The number of nitrogens with one attached hydrogen (secondary N) is 1. The number of rotatable bonds is 6. The molecule has 1 aromatic carbocycles. The van der Waals surface area contributed by atoms with Crippen molar-refractivity contribution in [3.05, 3.63) is 34.9 Å². The van der Waals surface area contributed by atoms with Crippen molar-refractivity contribution >= 4 is 11.8 Å². The first-order chi connectivity index (χ1) is 12.1. The minimum atomic E-state index is -0.260. The molecular formula is C20H28N2O3. The molecule has 0 radical (unpaired) electrons. The van der Waals surface area contributed by atoms with Gasteiger partial charge in [0, 0.05) is 26.6 Å². The highest BCUT2D eigenvalue weighted by Crippen LogP contribution is 2.25. The monoisotopic (exact) mass is 344 g/mol. The average Bonchev–Trinajstić information content (AvgIpc) is 3.00. The van der Waals surface area contributed by atoms with Crippen LogP contribution >= 0.6 is 0 Å². The highest BCUT2D eigenvalue weighted by atomic mass is 16.5. The lowest BCUT2D eigenvalue weighted by Crippen LogP contribution is -2.35. The molecule has 136 valence electrons. The lowest BCUT2D eigenvalue weighted by atomic mass is 9.89. The van der Waals surface area contributed by atoms with E-state index in [9.17, 15) is 9.59 Å². The van der Waals surface area contributed by atoms with Crippen LogP contribution in [0.15, 0.2) is 18.2 Å². The van der Waals surface area contributed by atoms with Gasteiger partial charge in [0.25, 0.3) is 0 Å². The maximum Gasteiger partial charge on any atom is 0.225 e. The van der Waals surface area contributed by atoms with Crippen molar-refractivity contribution in [1.82, 2.24) is 10.2 Å². The molecule has 2 unspecified atom stereocenters. The fraction of sp³-hybridized carbons (Fsp3) is 0.600. The Morgan fingerprint density at radius 3 is 2.84 bits per heavy atom. The van der Waals surface area contributed by atoms with E-state index in [0.29, 0.717) is 26.1 Å². The van der Waals surface area contributed by atoms with Gasteiger partial charge in [0.15, 0.2) is 0 Å². The number of methoxy groups -OCH3 is 1.